The quantitative estimate of drug-likeness (QED) is 0.797. The third kappa shape index (κ3) is 5.19. The van der Waals surface area contributed by atoms with Crippen LogP contribution in [0.25, 0.3) is 0 Å². The molecule has 0 bridgehead atoms. The maximum absolute atomic E-state index is 12.2. The van der Waals surface area contributed by atoms with Crippen LogP contribution in [0.4, 0.5) is 5.69 Å². The Labute approximate surface area is 154 Å². The van der Waals surface area contributed by atoms with Gasteiger partial charge >= 0.3 is 0 Å². The van der Waals surface area contributed by atoms with Crippen LogP contribution in [0.1, 0.15) is 29.5 Å². The van der Waals surface area contributed by atoms with Crippen LogP contribution in [-0.2, 0) is 11.2 Å². The summed E-state index contributed by atoms with van der Waals surface area (Å²) in [5.74, 6) is -0.196. The molecule has 2 rings (SSSR count). The second kappa shape index (κ2) is 8.49. The SMILES string of the molecule is CC(CC#N)N(C)C(=O)Cc1ccc(NC(=O)c2ccc(Br)o2)cc1. The number of carbonyl (C=O) groups excluding carboxylic acids is 2. The van der Waals surface area contributed by atoms with E-state index in [1.54, 1.807) is 48.3 Å². The molecule has 1 aromatic carbocycles. The minimum absolute atomic E-state index is 0.0556. The maximum atomic E-state index is 12.2. The highest BCUT2D eigenvalue weighted by atomic mass is 79.9. The summed E-state index contributed by atoms with van der Waals surface area (Å²) < 4.78 is 5.68. The molecule has 0 radical (unpaired) electrons. The molecule has 1 N–H and O–H groups in total. The second-order valence-corrected chi connectivity index (χ2v) is 6.43. The summed E-state index contributed by atoms with van der Waals surface area (Å²) in [6.07, 6.45) is 0.543. The van der Waals surface area contributed by atoms with Crippen molar-refractivity contribution in [3.05, 3.63) is 52.4 Å². The third-order valence-electron chi connectivity index (χ3n) is 3.81. The van der Waals surface area contributed by atoms with E-state index in [-0.39, 0.29) is 30.0 Å². The van der Waals surface area contributed by atoms with Crippen molar-refractivity contribution in [2.24, 2.45) is 0 Å². The molecule has 0 aliphatic rings. The molecule has 0 saturated heterocycles. The Morgan fingerprint density at radius 2 is 1.96 bits per heavy atom. The van der Waals surface area contributed by atoms with Crippen LogP contribution in [0.5, 0.6) is 0 Å². The van der Waals surface area contributed by atoms with E-state index in [0.717, 1.165) is 5.56 Å². The van der Waals surface area contributed by atoms with Crippen LogP contribution in [0.15, 0.2) is 45.5 Å². The summed E-state index contributed by atoms with van der Waals surface area (Å²) in [5, 5.41) is 11.4. The van der Waals surface area contributed by atoms with Crippen molar-refractivity contribution in [2.75, 3.05) is 12.4 Å². The lowest BCUT2D eigenvalue weighted by Crippen LogP contribution is -2.35. The van der Waals surface area contributed by atoms with Crippen LogP contribution >= 0.6 is 15.9 Å². The molecule has 0 aliphatic heterocycles. The van der Waals surface area contributed by atoms with Crippen molar-refractivity contribution in [1.29, 1.82) is 5.26 Å². The molecule has 1 unspecified atom stereocenters. The van der Waals surface area contributed by atoms with Crippen molar-refractivity contribution in [2.45, 2.75) is 25.8 Å². The molecule has 6 nitrogen and oxygen atoms in total. The molecule has 0 saturated carbocycles. The Morgan fingerprint density at radius 1 is 1.28 bits per heavy atom. The molecule has 0 fully saturated rings. The minimum Gasteiger partial charge on any atom is -0.444 e. The fourth-order valence-corrected chi connectivity index (χ4v) is 2.46. The average Bonchev–Trinajstić information content (AvgIpc) is 3.02. The first-order valence-corrected chi connectivity index (χ1v) is 8.48. The van der Waals surface area contributed by atoms with E-state index in [1.165, 1.54) is 0 Å². The van der Waals surface area contributed by atoms with Gasteiger partial charge < -0.3 is 14.6 Å². The molecule has 1 atom stereocenters. The van der Waals surface area contributed by atoms with E-state index in [0.29, 0.717) is 16.8 Å². The number of carbonyl (C=O) groups is 2. The number of furan rings is 1. The zero-order valence-corrected chi connectivity index (χ0v) is 15.5. The number of likely N-dealkylation sites (N-methyl/N-ethyl adjacent to an activating group) is 1. The molecular weight excluding hydrogens is 386 g/mol. The number of benzene rings is 1. The number of rotatable bonds is 6. The highest BCUT2D eigenvalue weighted by Crippen LogP contribution is 2.17. The molecule has 0 spiro atoms. The summed E-state index contributed by atoms with van der Waals surface area (Å²) in [6.45, 7) is 1.84. The van der Waals surface area contributed by atoms with Crippen LogP contribution in [0.3, 0.4) is 0 Å². The lowest BCUT2D eigenvalue weighted by atomic mass is 10.1. The smallest absolute Gasteiger partial charge is 0.291 e. The van der Waals surface area contributed by atoms with Crippen LogP contribution in [0, 0.1) is 11.3 Å². The lowest BCUT2D eigenvalue weighted by molar-refractivity contribution is -0.130. The van der Waals surface area contributed by atoms with Gasteiger partial charge in [-0.05, 0) is 52.7 Å². The Hall–Kier alpha value is -2.59. The molecule has 25 heavy (non-hydrogen) atoms. The van der Waals surface area contributed by atoms with E-state index < -0.39 is 0 Å². The number of hydrogen-bond donors (Lipinski definition) is 1. The number of hydrogen-bond acceptors (Lipinski definition) is 4. The Morgan fingerprint density at radius 3 is 2.52 bits per heavy atom. The van der Waals surface area contributed by atoms with Gasteiger partial charge in [0, 0.05) is 18.8 Å². The van der Waals surface area contributed by atoms with Crippen molar-refractivity contribution in [3.63, 3.8) is 0 Å². The number of nitrogens with zero attached hydrogens (tertiary/aromatic N) is 2. The number of halogens is 1. The van der Waals surface area contributed by atoms with E-state index in [1.807, 2.05) is 6.92 Å². The number of amides is 2. The highest BCUT2D eigenvalue weighted by molar-refractivity contribution is 9.10. The van der Waals surface area contributed by atoms with Crippen LogP contribution in [-0.4, -0.2) is 29.8 Å². The van der Waals surface area contributed by atoms with Crippen LogP contribution in [0.2, 0.25) is 0 Å². The molecule has 1 heterocycles. The molecule has 130 valence electrons. The summed E-state index contributed by atoms with van der Waals surface area (Å²) >= 11 is 3.15. The fraction of sp³-hybridized carbons (Fsp3) is 0.278. The normalized spacial score (nSPS) is 11.4. The molecule has 1 aromatic heterocycles. The van der Waals surface area contributed by atoms with Gasteiger partial charge in [0.05, 0.1) is 18.9 Å². The summed E-state index contributed by atoms with van der Waals surface area (Å²) in [5.41, 5.74) is 1.44. The van der Waals surface area contributed by atoms with Crippen molar-refractivity contribution in [3.8, 4) is 6.07 Å². The first kappa shape index (κ1) is 18.7. The molecular formula is C18H18BrN3O3. The van der Waals surface area contributed by atoms with Gasteiger partial charge in [0.1, 0.15) is 0 Å². The van der Waals surface area contributed by atoms with Gasteiger partial charge in [0.15, 0.2) is 10.4 Å². The summed E-state index contributed by atoms with van der Waals surface area (Å²) in [7, 11) is 1.69. The van der Waals surface area contributed by atoms with Crippen molar-refractivity contribution < 1.29 is 14.0 Å². The van der Waals surface area contributed by atoms with Gasteiger partial charge in [-0.25, -0.2) is 0 Å². The van der Waals surface area contributed by atoms with Gasteiger partial charge in [-0.3, -0.25) is 9.59 Å². The van der Waals surface area contributed by atoms with Gasteiger partial charge in [-0.1, -0.05) is 12.1 Å². The lowest BCUT2D eigenvalue weighted by Gasteiger charge is -2.23. The first-order valence-electron chi connectivity index (χ1n) is 7.69. The fourth-order valence-electron chi connectivity index (χ4n) is 2.15. The van der Waals surface area contributed by atoms with Gasteiger partial charge in [0.25, 0.3) is 5.91 Å². The Bertz CT molecular complexity index is 793. The molecule has 0 aliphatic carbocycles. The molecule has 2 amide bonds. The van der Waals surface area contributed by atoms with Gasteiger partial charge in [-0.15, -0.1) is 0 Å². The third-order valence-corrected chi connectivity index (χ3v) is 4.23. The van der Waals surface area contributed by atoms with Gasteiger partial charge in [-0.2, -0.15) is 5.26 Å². The number of nitrogens with one attached hydrogen (secondary N) is 1. The average molecular weight is 404 g/mol. The van der Waals surface area contributed by atoms with Crippen molar-refractivity contribution >= 4 is 33.4 Å². The summed E-state index contributed by atoms with van der Waals surface area (Å²) in [6, 6.07) is 12.2. The predicted molar refractivity (Wildman–Crippen MR) is 97.0 cm³/mol. The van der Waals surface area contributed by atoms with E-state index in [9.17, 15) is 9.59 Å². The maximum Gasteiger partial charge on any atom is 0.291 e. The number of anilines is 1. The minimum atomic E-state index is -0.348. The van der Waals surface area contributed by atoms with Crippen LogP contribution < -0.4 is 5.32 Å². The van der Waals surface area contributed by atoms with E-state index in [2.05, 4.69) is 27.3 Å². The first-order chi connectivity index (χ1) is 11.9. The van der Waals surface area contributed by atoms with E-state index >= 15 is 0 Å². The second-order valence-electron chi connectivity index (χ2n) is 5.65. The van der Waals surface area contributed by atoms with E-state index in [4.69, 9.17) is 9.68 Å². The molecule has 2 aromatic rings. The Balaban J connectivity index is 1.94. The predicted octanol–water partition coefficient (Wildman–Crippen LogP) is 3.60. The standard InChI is InChI=1S/C18H18BrN3O3/c1-12(9-10-20)22(2)17(23)11-13-3-5-14(6-4-13)21-18(24)15-7-8-16(19)25-15/h3-8,12H,9,11H2,1-2H3,(H,21,24). The largest absolute Gasteiger partial charge is 0.444 e. The Kier molecular flexibility index (Phi) is 6.37. The number of nitriles is 1. The molecule has 7 heteroatoms. The topological polar surface area (TPSA) is 86.3 Å². The monoisotopic (exact) mass is 403 g/mol. The highest BCUT2D eigenvalue weighted by Gasteiger charge is 2.16. The van der Waals surface area contributed by atoms with Crippen molar-refractivity contribution in [1.82, 2.24) is 4.90 Å². The zero-order valence-electron chi connectivity index (χ0n) is 14.0. The van der Waals surface area contributed by atoms with Gasteiger partial charge in [0.2, 0.25) is 5.91 Å². The summed E-state index contributed by atoms with van der Waals surface area (Å²) in [4.78, 5) is 25.8. The zero-order chi connectivity index (χ0) is 18.4.